The molecule has 82 heavy (non-hydrogen) atoms. The molecule has 11 atom stereocenters. The number of aliphatic hydroxyl groups excluding tert-OH is 1. The summed E-state index contributed by atoms with van der Waals surface area (Å²) in [6.45, 7) is 13.1. The van der Waals surface area contributed by atoms with Crippen LogP contribution in [0.5, 0.6) is 0 Å². The second kappa shape index (κ2) is 34.4. The number of benzene rings is 1. The van der Waals surface area contributed by atoms with Crippen LogP contribution in [0.3, 0.4) is 0 Å². The summed E-state index contributed by atoms with van der Waals surface area (Å²) in [4.78, 5) is 111. The molecule has 3 aliphatic rings. The maximum atomic E-state index is 13.6. The van der Waals surface area contributed by atoms with E-state index in [4.69, 9.17) is 37.3 Å². The van der Waals surface area contributed by atoms with Crippen molar-refractivity contribution in [3.05, 3.63) is 65.8 Å². The lowest BCUT2D eigenvalue weighted by Gasteiger charge is -2.39. The summed E-state index contributed by atoms with van der Waals surface area (Å²) in [5.74, 6) is -2.62. The lowest BCUT2D eigenvalue weighted by Crippen LogP contribution is -2.54. The summed E-state index contributed by atoms with van der Waals surface area (Å²) in [5, 5.41) is 35.3. The van der Waals surface area contributed by atoms with Crippen molar-refractivity contribution in [2.24, 2.45) is 17.6 Å². The highest BCUT2D eigenvalue weighted by Gasteiger charge is 2.58. The number of nitrogens with one attached hydrogen (secondary N) is 9. The smallest absolute Gasteiger partial charge is 0.408 e. The minimum atomic E-state index is -1.06. The zero-order valence-corrected chi connectivity index (χ0v) is 48.2. The lowest BCUT2D eigenvalue weighted by molar-refractivity contribution is -0.143. The van der Waals surface area contributed by atoms with Crippen LogP contribution in [0.4, 0.5) is 20.1 Å². The molecule has 1 spiro atoms. The van der Waals surface area contributed by atoms with Crippen molar-refractivity contribution in [1.82, 2.24) is 42.5 Å². The molecule has 0 aromatic heterocycles. The van der Waals surface area contributed by atoms with Crippen LogP contribution >= 0.6 is 0 Å². The molecule has 3 saturated heterocycles. The second-order valence-corrected chi connectivity index (χ2v) is 21.3. The number of carbonyl (C=O) groups is 9. The molecule has 0 aliphatic carbocycles. The fraction of sp³-hybridized carbons (Fsp3) is 0.625. The van der Waals surface area contributed by atoms with E-state index in [2.05, 4.69) is 60.9 Å². The Morgan fingerprint density at radius 1 is 0.866 bits per heavy atom. The van der Waals surface area contributed by atoms with Crippen LogP contribution in [0, 0.1) is 11.8 Å². The molecule has 0 saturated carbocycles. The number of aliphatic hydroxyl groups is 1. The van der Waals surface area contributed by atoms with Crippen LogP contribution in [0.15, 0.2) is 60.2 Å². The van der Waals surface area contributed by atoms with Gasteiger partial charge in [0.25, 0.3) is 0 Å². The number of urea groups is 2. The van der Waals surface area contributed by atoms with Gasteiger partial charge in [-0.05, 0) is 101 Å². The lowest BCUT2D eigenvalue weighted by atomic mass is 9.87. The summed E-state index contributed by atoms with van der Waals surface area (Å²) in [5.41, 5.74) is 6.27. The highest BCUT2D eigenvalue weighted by molar-refractivity contribution is 6.19. The molecule has 1 aromatic rings. The largest absolute Gasteiger partial charge is 0.459 e. The number of carbonyl (C=O) groups excluding carboxylic acids is 9. The quantitative estimate of drug-likeness (QED) is 0.00968. The summed E-state index contributed by atoms with van der Waals surface area (Å²) < 4.78 is 28.5. The molecule has 3 heterocycles. The number of rotatable bonds is 31. The van der Waals surface area contributed by atoms with Crippen molar-refractivity contribution < 1.29 is 71.9 Å². The fourth-order valence-electron chi connectivity index (χ4n) is 9.18. The summed E-state index contributed by atoms with van der Waals surface area (Å²) in [6, 6.07) is 2.89. The van der Waals surface area contributed by atoms with Gasteiger partial charge in [-0.1, -0.05) is 63.1 Å². The second-order valence-electron chi connectivity index (χ2n) is 21.3. The molecule has 452 valence electrons. The number of hydrogen-bond donors (Lipinski definition) is 11. The van der Waals surface area contributed by atoms with Crippen LogP contribution < -0.4 is 53.6 Å². The van der Waals surface area contributed by atoms with E-state index >= 15 is 0 Å². The Balaban J connectivity index is 1.17. The van der Waals surface area contributed by atoms with E-state index in [1.165, 1.54) is 19.1 Å². The van der Waals surface area contributed by atoms with Gasteiger partial charge in [0.05, 0.1) is 45.5 Å². The molecule has 10 amide bonds. The Hall–Kier alpha value is -7.03. The van der Waals surface area contributed by atoms with Crippen molar-refractivity contribution in [3.63, 3.8) is 0 Å². The molecule has 1 aromatic carbocycles. The molecule has 26 heteroatoms. The number of esters is 1. The Labute approximate surface area is 481 Å². The summed E-state index contributed by atoms with van der Waals surface area (Å²) in [6.07, 6.45) is 8.83. The van der Waals surface area contributed by atoms with Gasteiger partial charge in [-0.15, -0.1) is 0 Å². The minimum absolute atomic E-state index is 0.0833. The highest BCUT2D eigenvalue weighted by atomic mass is 16.6. The van der Waals surface area contributed by atoms with E-state index in [0.717, 1.165) is 5.57 Å². The number of primary amides is 1. The molecular weight excluding hydrogens is 1060 g/mol. The number of allylic oxidation sites excluding steroid dienone is 2. The van der Waals surface area contributed by atoms with E-state index in [9.17, 15) is 48.3 Å². The van der Waals surface area contributed by atoms with Crippen molar-refractivity contribution in [2.75, 3.05) is 38.2 Å². The van der Waals surface area contributed by atoms with Crippen LogP contribution in [-0.4, -0.2) is 160 Å². The average molecular weight is 1150 g/mol. The van der Waals surface area contributed by atoms with Gasteiger partial charge >= 0.3 is 24.1 Å². The number of alkyl carbamates (subject to hydrolysis) is 1. The minimum Gasteiger partial charge on any atom is -0.459 e. The van der Waals surface area contributed by atoms with Gasteiger partial charge in [0.15, 0.2) is 0 Å². The first kappa shape index (κ1) is 67.5. The first-order valence-corrected chi connectivity index (χ1v) is 28.0. The monoisotopic (exact) mass is 1150 g/mol. The Kier molecular flexibility index (Phi) is 28.3. The molecule has 2 radical (unpaired) electrons. The number of epoxide rings is 1. The maximum Gasteiger partial charge on any atom is 0.408 e. The number of anilines is 1. The van der Waals surface area contributed by atoms with Gasteiger partial charge in [0, 0.05) is 51.2 Å². The first-order valence-electron chi connectivity index (χ1n) is 28.0. The maximum absolute atomic E-state index is 13.6. The standard InChI is InChI=1S/C56H85BN10O15/c1-33(2)49(67-46(69)13-9-8-10-24-59-48(71)28-57)52(74)66-42(12-11-25-60-53(58)75)51(73)64-40-19-17-39(18-20-40)30-78-55(77)63-32-62-54(76)61-29-41-27-56(31-79-56)50(72)45(82-41)22-15-34(3)14-21-44-35(4)26-43(37(6)81-44)65-47(70)23-16-36(5)80-38(7)68/h14-20,22-23,33,35-37,41-45,49-50,72H,8-13,21,24-32H2,1-7H3,(H,59,71)(H,63,77)(H,64,73)(H,65,70)(H,66,74)(H,67,69)(H3,58,60,75)(H2,61,62,76)/b22-15+,23-16-,34-14+/t35-,36-,37+,41-,42-,43+,44-,45+,49-,50+,56+/m0/s1. The van der Waals surface area contributed by atoms with Gasteiger partial charge in [-0.2, -0.15) is 0 Å². The van der Waals surface area contributed by atoms with Crippen LogP contribution in [0.25, 0.3) is 0 Å². The SMILES string of the molecule is [B]CC(=O)NCCCCCC(=O)N[C@H](C(=O)N[C@@H](CCCNC(N)=O)C(=O)Nc1ccc(COC(=O)NCNC(=O)NC[C@@H]2C[C@@]3(CO3)[C@H](O)[C@@H](/C=C/C(C)=C/C[C@@H]3O[C@H](C)[C@H](NC(=O)/C=C\[C@H](C)OC(C)=O)C[C@@H]3C)O2)cc1)C(C)C. The zero-order valence-electron chi connectivity index (χ0n) is 48.2. The molecule has 0 bridgehead atoms. The number of ether oxygens (including phenoxy) is 5. The van der Waals surface area contributed by atoms with Crippen molar-refractivity contribution >= 4 is 67.2 Å². The molecular formula is C56H85BN10O15. The molecule has 4 rings (SSSR count). The van der Waals surface area contributed by atoms with E-state index in [-0.39, 0.29) is 99.8 Å². The van der Waals surface area contributed by atoms with Crippen molar-refractivity contribution in [3.8, 4) is 0 Å². The number of nitrogens with two attached hydrogens (primary N) is 1. The Bertz CT molecular complexity index is 2400. The summed E-state index contributed by atoms with van der Waals surface area (Å²) in [7, 11) is 5.29. The highest BCUT2D eigenvalue weighted by Crippen LogP contribution is 2.42. The first-order chi connectivity index (χ1) is 39.0. The Morgan fingerprint density at radius 3 is 2.26 bits per heavy atom. The van der Waals surface area contributed by atoms with E-state index in [1.807, 2.05) is 19.9 Å². The normalized spacial score (nSPS) is 23.4. The Morgan fingerprint density at radius 2 is 1.59 bits per heavy atom. The van der Waals surface area contributed by atoms with E-state index in [0.29, 0.717) is 62.9 Å². The van der Waals surface area contributed by atoms with Crippen LogP contribution in [-0.2, 0) is 59.1 Å². The number of hydrogen-bond acceptors (Lipinski definition) is 15. The van der Waals surface area contributed by atoms with E-state index in [1.54, 1.807) is 51.1 Å². The molecule has 25 nitrogen and oxygen atoms in total. The molecule has 0 unspecified atom stereocenters. The van der Waals surface area contributed by atoms with Gasteiger partial charge in [0.2, 0.25) is 29.5 Å². The van der Waals surface area contributed by atoms with Gasteiger partial charge in [-0.25, -0.2) is 14.4 Å². The topological polar surface area (TPSA) is 358 Å². The van der Waals surface area contributed by atoms with Gasteiger partial charge in [-0.3, -0.25) is 28.8 Å². The average Bonchev–Trinajstić information content (AvgIpc) is 2.52. The number of amides is 10. The van der Waals surface area contributed by atoms with E-state index < -0.39 is 78.0 Å². The van der Waals surface area contributed by atoms with Crippen molar-refractivity contribution in [2.45, 2.75) is 180 Å². The van der Waals surface area contributed by atoms with Gasteiger partial charge in [0.1, 0.15) is 42.6 Å². The third-order valence-corrected chi connectivity index (χ3v) is 13.9. The zero-order chi connectivity index (χ0) is 60.4. The molecule has 12 N–H and O–H groups in total. The van der Waals surface area contributed by atoms with Crippen molar-refractivity contribution in [1.29, 1.82) is 0 Å². The van der Waals surface area contributed by atoms with Gasteiger partial charge < -0.3 is 82.4 Å². The molecule has 3 aliphatic heterocycles. The van der Waals surface area contributed by atoms with Crippen LogP contribution in [0.1, 0.15) is 112 Å². The number of unbranched alkanes of at least 4 members (excludes halogenated alkanes) is 2. The predicted molar refractivity (Wildman–Crippen MR) is 303 cm³/mol. The predicted octanol–water partition coefficient (Wildman–Crippen LogP) is 2.43. The third kappa shape index (κ3) is 24.6. The third-order valence-electron chi connectivity index (χ3n) is 13.9. The van der Waals surface area contributed by atoms with Crippen LogP contribution in [0.2, 0.25) is 6.32 Å². The fourth-order valence-corrected chi connectivity index (χ4v) is 9.18. The molecule has 3 fully saturated rings. The summed E-state index contributed by atoms with van der Waals surface area (Å²) >= 11 is 0.